The average Bonchev–Trinajstić information content (AvgIpc) is 2.55. The van der Waals surface area contributed by atoms with Crippen molar-refractivity contribution in [2.24, 2.45) is 16.8 Å². The second kappa shape index (κ2) is 4.94. The Morgan fingerprint density at radius 2 is 2.06 bits per heavy atom. The Kier molecular flexibility index (Phi) is 3.73. The fraction of sp³-hybridized carbons (Fsp3) is 0.923. The predicted octanol–water partition coefficient (Wildman–Crippen LogP) is 2.23. The van der Waals surface area contributed by atoms with Crippen molar-refractivity contribution >= 4 is 5.90 Å². The number of ether oxygens (including phenoxy) is 3. The Bertz CT molecular complexity index is 303. The van der Waals surface area contributed by atoms with Crippen molar-refractivity contribution in [3.63, 3.8) is 0 Å². The van der Waals surface area contributed by atoms with Crippen LogP contribution in [0.2, 0.25) is 0 Å². The number of aliphatic imine (C=N–C) groups is 1. The topological polar surface area (TPSA) is 40.0 Å². The molecule has 17 heavy (non-hydrogen) atoms. The highest BCUT2D eigenvalue weighted by Gasteiger charge is 2.49. The SMILES string of the molecule is CO[C@@H]1O[C@H](C)C[C@@H]2C(C)C(=NC(C)C)O[C@@H]12. The Morgan fingerprint density at radius 1 is 1.35 bits per heavy atom. The minimum absolute atomic E-state index is 0.00343. The maximum atomic E-state index is 5.94. The molecule has 0 aromatic heterocycles. The molecule has 2 fully saturated rings. The molecular weight excluding hydrogens is 218 g/mol. The molecule has 0 amide bonds. The fourth-order valence-electron chi connectivity index (χ4n) is 2.73. The number of methoxy groups -OCH3 is 1. The quantitative estimate of drug-likeness (QED) is 0.744. The summed E-state index contributed by atoms with van der Waals surface area (Å²) >= 11 is 0. The lowest BCUT2D eigenvalue weighted by molar-refractivity contribution is -0.230. The average molecular weight is 241 g/mol. The molecule has 2 saturated heterocycles. The van der Waals surface area contributed by atoms with E-state index in [-0.39, 0.29) is 24.5 Å². The summed E-state index contributed by atoms with van der Waals surface area (Å²) in [7, 11) is 1.67. The smallest absolute Gasteiger partial charge is 0.195 e. The predicted molar refractivity (Wildman–Crippen MR) is 66.1 cm³/mol. The van der Waals surface area contributed by atoms with Crippen LogP contribution >= 0.6 is 0 Å². The van der Waals surface area contributed by atoms with Crippen LogP contribution in [0, 0.1) is 11.8 Å². The van der Waals surface area contributed by atoms with E-state index in [4.69, 9.17) is 14.2 Å². The molecule has 0 aliphatic carbocycles. The minimum atomic E-state index is -0.258. The first-order valence-electron chi connectivity index (χ1n) is 6.45. The van der Waals surface area contributed by atoms with Gasteiger partial charge in [-0.1, -0.05) is 6.92 Å². The summed E-state index contributed by atoms with van der Waals surface area (Å²) < 4.78 is 17.1. The Hall–Kier alpha value is -0.610. The lowest BCUT2D eigenvalue weighted by atomic mass is 9.85. The lowest BCUT2D eigenvalue weighted by Gasteiger charge is -2.35. The van der Waals surface area contributed by atoms with E-state index >= 15 is 0 Å². The first-order valence-corrected chi connectivity index (χ1v) is 6.45. The van der Waals surface area contributed by atoms with Gasteiger partial charge in [0, 0.05) is 25.0 Å². The van der Waals surface area contributed by atoms with E-state index in [1.165, 1.54) is 0 Å². The fourth-order valence-corrected chi connectivity index (χ4v) is 2.73. The first-order chi connectivity index (χ1) is 8.02. The number of fused-ring (bicyclic) bond motifs is 1. The summed E-state index contributed by atoms with van der Waals surface area (Å²) in [5.74, 6) is 1.70. The second-order valence-corrected chi connectivity index (χ2v) is 5.38. The van der Waals surface area contributed by atoms with Crippen LogP contribution in [0.4, 0.5) is 0 Å². The lowest BCUT2D eigenvalue weighted by Crippen LogP contribution is -2.44. The third-order valence-corrected chi connectivity index (χ3v) is 3.57. The van der Waals surface area contributed by atoms with Crippen LogP contribution in [0.3, 0.4) is 0 Å². The van der Waals surface area contributed by atoms with Crippen LogP contribution in [-0.4, -0.2) is 37.5 Å². The maximum Gasteiger partial charge on any atom is 0.195 e. The van der Waals surface area contributed by atoms with Gasteiger partial charge in [-0.15, -0.1) is 0 Å². The summed E-state index contributed by atoms with van der Waals surface area (Å²) in [6.45, 7) is 8.42. The van der Waals surface area contributed by atoms with Gasteiger partial charge in [0.05, 0.1) is 6.10 Å². The molecule has 98 valence electrons. The molecular formula is C13H23NO3. The number of hydrogen-bond donors (Lipinski definition) is 0. The van der Waals surface area contributed by atoms with Gasteiger partial charge in [0.1, 0.15) is 0 Å². The monoisotopic (exact) mass is 241 g/mol. The van der Waals surface area contributed by atoms with E-state index in [1.807, 2.05) is 0 Å². The van der Waals surface area contributed by atoms with E-state index in [0.717, 1.165) is 12.3 Å². The molecule has 2 rings (SSSR count). The highest BCUT2D eigenvalue weighted by atomic mass is 16.7. The zero-order chi connectivity index (χ0) is 12.6. The van der Waals surface area contributed by atoms with Crippen molar-refractivity contribution in [2.45, 2.75) is 58.7 Å². The van der Waals surface area contributed by atoms with Crippen molar-refractivity contribution in [2.75, 3.05) is 7.11 Å². The van der Waals surface area contributed by atoms with Gasteiger partial charge in [-0.05, 0) is 27.2 Å². The molecule has 2 heterocycles. The minimum Gasteiger partial charge on any atom is -0.472 e. The zero-order valence-electron chi connectivity index (χ0n) is 11.3. The van der Waals surface area contributed by atoms with Crippen molar-refractivity contribution in [3.05, 3.63) is 0 Å². The van der Waals surface area contributed by atoms with Gasteiger partial charge >= 0.3 is 0 Å². The van der Waals surface area contributed by atoms with Crippen LogP contribution in [0.5, 0.6) is 0 Å². The zero-order valence-corrected chi connectivity index (χ0v) is 11.3. The van der Waals surface area contributed by atoms with Gasteiger partial charge < -0.3 is 14.2 Å². The molecule has 0 spiro atoms. The third kappa shape index (κ3) is 2.47. The van der Waals surface area contributed by atoms with Crippen LogP contribution in [0.25, 0.3) is 0 Å². The van der Waals surface area contributed by atoms with Crippen molar-refractivity contribution in [1.29, 1.82) is 0 Å². The van der Waals surface area contributed by atoms with E-state index in [2.05, 4.69) is 32.7 Å². The standard InChI is InChI=1S/C13H23NO3/c1-7(2)14-12-9(4)10-6-8(3)16-13(15-5)11(10)17-12/h7-11,13H,6H2,1-5H3/t8-,9?,10-,11-,13-/m1/s1. The molecule has 0 aromatic rings. The van der Waals surface area contributed by atoms with E-state index < -0.39 is 0 Å². The summed E-state index contributed by atoms with van der Waals surface area (Å²) in [5, 5.41) is 0. The maximum absolute atomic E-state index is 5.94. The number of hydrogen-bond acceptors (Lipinski definition) is 4. The molecule has 1 unspecified atom stereocenters. The van der Waals surface area contributed by atoms with Crippen molar-refractivity contribution in [3.8, 4) is 0 Å². The van der Waals surface area contributed by atoms with E-state index in [9.17, 15) is 0 Å². The van der Waals surface area contributed by atoms with Gasteiger partial charge in [0.25, 0.3) is 0 Å². The Balaban J connectivity index is 2.17. The molecule has 2 aliphatic heterocycles. The van der Waals surface area contributed by atoms with E-state index in [0.29, 0.717) is 11.8 Å². The number of rotatable bonds is 2. The van der Waals surface area contributed by atoms with Crippen molar-refractivity contribution < 1.29 is 14.2 Å². The third-order valence-electron chi connectivity index (χ3n) is 3.57. The van der Waals surface area contributed by atoms with Gasteiger partial charge in [0.15, 0.2) is 18.3 Å². The van der Waals surface area contributed by atoms with Crippen molar-refractivity contribution in [1.82, 2.24) is 0 Å². The molecule has 0 saturated carbocycles. The van der Waals surface area contributed by atoms with Gasteiger partial charge in [-0.3, -0.25) is 4.99 Å². The molecule has 4 heteroatoms. The summed E-state index contributed by atoms with van der Waals surface area (Å²) in [6, 6.07) is 0.270. The Labute approximate surface area is 103 Å². The molecule has 0 aromatic carbocycles. The van der Waals surface area contributed by atoms with Crippen LogP contribution in [-0.2, 0) is 14.2 Å². The molecule has 2 aliphatic rings. The Morgan fingerprint density at radius 3 is 2.65 bits per heavy atom. The van der Waals surface area contributed by atoms with Gasteiger partial charge in [0.2, 0.25) is 0 Å². The van der Waals surface area contributed by atoms with Gasteiger partial charge in [-0.2, -0.15) is 0 Å². The second-order valence-electron chi connectivity index (χ2n) is 5.38. The normalized spacial score (nSPS) is 43.9. The largest absolute Gasteiger partial charge is 0.472 e. The van der Waals surface area contributed by atoms with E-state index in [1.54, 1.807) is 7.11 Å². The number of nitrogens with zero attached hydrogens (tertiary/aromatic N) is 1. The summed E-state index contributed by atoms with van der Waals surface area (Å²) in [5.41, 5.74) is 0. The highest BCUT2D eigenvalue weighted by Crippen LogP contribution is 2.39. The van der Waals surface area contributed by atoms with Crippen LogP contribution < -0.4 is 0 Å². The molecule has 4 nitrogen and oxygen atoms in total. The summed E-state index contributed by atoms with van der Waals surface area (Å²) in [6.07, 6.45) is 0.989. The molecule has 0 N–H and O–H groups in total. The molecule has 0 radical (unpaired) electrons. The molecule has 0 bridgehead atoms. The first kappa shape index (κ1) is 12.8. The summed E-state index contributed by atoms with van der Waals surface area (Å²) in [4.78, 5) is 4.56. The highest BCUT2D eigenvalue weighted by molar-refractivity contribution is 5.81. The van der Waals surface area contributed by atoms with Crippen LogP contribution in [0.15, 0.2) is 4.99 Å². The van der Waals surface area contributed by atoms with Crippen LogP contribution in [0.1, 0.15) is 34.1 Å². The van der Waals surface area contributed by atoms with Gasteiger partial charge in [-0.25, -0.2) is 0 Å². The molecule has 5 atom stereocenters.